The van der Waals surface area contributed by atoms with Crippen LogP contribution in [0.25, 0.3) is 0 Å². The molecule has 1 rings (SSSR count). The fourth-order valence-corrected chi connectivity index (χ4v) is 3.35. The van der Waals surface area contributed by atoms with E-state index in [1.54, 1.807) is 0 Å². The quantitative estimate of drug-likeness (QED) is 0.780. The third kappa shape index (κ3) is 4.90. The molecule has 0 radical (unpaired) electrons. The summed E-state index contributed by atoms with van der Waals surface area (Å²) >= 11 is 7.14. The molecule has 18 heavy (non-hydrogen) atoms. The van der Waals surface area contributed by atoms with Crippen LogP contribution >= 0.6 is 31.9 Å². The van der Waals surface area contributed by atoms with Crippen molar-refractivity contribution < 1.29 is 4.74 Å². The lowest BCUT2D eigenvalue weighted by Gasteiger charge is -2.18. The van der Waals surface area contributed by atoms with Crippen molar-refractivity contribution in [3.05, 3.63) is 26.6 Å². The van der Waals surface area contributed by atoms with E-state index in [9.17, 15) is 0 Å². The summed E-state index contributed by atoms with van der Waals surface area (Å²) in [6.45, 7) is 6.27. The van der Waals surface area contributed by atoms with Crippen LogP contribution in [-0.4, -0.2) is 12.1 Å². The molecule has 2 atom stereocenters. The molecule has 0 saturated carbocycles. The molecule has 0 spiro atoms. The Morgan fingerprint density at radius 3 is 2.22 bits per heavy atom. The van der Waals surface area contributed by atoms with Gasteiger partial charge in [-0.15, -0.1) is 0 Å². The molecule has 0 saturated heterocycles. The van der Waals surface area contributed by atoms with Gasteiger partial charge in [-0.2, -0.15) is 0 Å². The Balaban J connectivity index is 2.87. The Morgan fingerprint density at radius 2 is 1.78 bits per heavy atom. The third-order valence-electron chi connectivity index (χ3n) is 2.63. The van der Waals surface area contributed by atoms with Crippen LogP contribution in [0.3, 0.4) is 0 Å². The fourth-order valence-electron chi connectivity index (χ4n) is 1.88. The van der Waals surface area contributed by atoms with Gasteiger partial charge in [0, 0.05) is 6.04 Å². The summed E-state index contributed by atoms with van der Waals surface area (Å²) in [5, 5.41) is 0. The molecule has 0 heterocycles. The summed E-state index contributed by atoms with van der Waals surface area (Å²) in [6, 6.07) is 4.33. The number of hydrogen-bond donors (Lipinski definition) is 1. The first-order valence-corrected chi connectivity index (χ1v) is 7.92. The molecule has 0 fully saturated rings. The predicted octanol–water partition coefficient (Wildman–Crippen LogP) is 4.67. The van der Waals surface area contributed by atoms with Crippen LogP contribution in [-0.2, 0) is 6.42 Å². The lowest BCUT2D eigenvalue weighted by Crippen LogP contribution is -2.18. The highest BCUT2D eigenvalue weighted by atomic mass is 79.9. The van der Waals surface area contributed by atoms with Crippen LogP contribution < -0.4 is 10.5 Å². The molecule has 1 aromatic rings. The molecule has 0 amide bonds. The molecule has 4 heteroatoms. The Labute approximate surface area is 127 Å². The van der Waals surface area contributed by atoms with E-state index in [1.165, 1.54) is 5.56 Å². The summed E-state index contributed by atoms with van der Waals surface area (Å²) in [4.78, 5) is 0. The number of nitrogens with two attached hydrogens (primary N) is 1. The van der Waals surface area contributed by atoms with Gasteiger partial charge in [0.2, 0.25) is 0 Å². The van der Waals surface area contributed by atoms with E-state index in [0.717, 1.165) is 34.0 Å². The molecule has 0 bridgehead atoms. The largest absolute Gasteiger partial charge is 0.488 e. The van der Waals surface area contributed by atoms with Crippen LogP contribution in [0.1, 0.15) is 39.2 Å². The van der Waals surface area contributed by atoms with Crippen molar-refractivity contribution in [1.82, 2.24) is 0 Å². The van der Waals surface area contributed by atoms with E-state index in [4.69, 9.17) is 10.5 Å². The third-order valence-corrected chi connectivity index (χ3v) is 3.81. The summed E-state index contributed by atoms with van der Waals surface area (Å²) in [5.74, 6) is 0.879. The van der Waals surface area contributed by atoms with Crippen molar-refractivity contribution in [3.8, 4) is 5.75 Å². The minimum absolute atomic E-state index is 0.162. The van der Waals surface area contributed by atoms with Crippen LogP contribution in [0.4, 0.5) is 0 Å². The highest BCUT2D eigenvalue weighted by molar-refractivity contribution is 9.11. The summed E-state index contributed by atoms with van der Waals surface area (Å²) in [7, 11) is 0. The maximum absolute atomic E-state index is 5.95. The van der Waals surface area contributed by atoms with E-state index in [2.05, 4.69) is 57.8 Å². The molecule has 0 aliphatic carbocycles. The summed E-state index contributed by atoms with van der Waals surface area (Å²) in [5.41, 5.74) is 7.03. The van der Waals surface area contributed by atoms with Crippen LogP contribution in [0.2, 0.25) is 0 Å². The topological polar surface area (TPSA) is 35.2 Å². The van der Waals surface area contributed by atoms with E-state index in [1.807, 2.05) is 6.92 Å². The maximum atomic E-state index is 5.95. The first-order chi connectivity index (χ1) is 8.43. The average molecular weight is 379 g/mol. The molecule has 2 nitrogen and oxygen atoms in total. The first kappa shape index (κ1) is 16.0. The van der Waals surface area contributed by atoms with E-state index >= 15 is 0 Å². The molecule has 2 N–H and O–H groups in total. The van der Waals surface area contributed by atoms with Crippen LogP contribution in [0.15, 0.2) is 21.1 Å². The van der Waals surface area contributed by atoms with Crippen molar-refractivity contribution >= 4 is 31.9 Å². The second-order valence-electron chi connectivity index (χ2n) is 4.79. The van der Waals surface area contributed by atoms with Gasteiger partial charge < -0.3 is 10.5 Å². The SMILES string of the molecule is CCCC(C)Oc1c(Br)cc(CC(C)N)cc1Br. The highest BCUT2D eigenvalue weighted by Gasteiger charge is 2.12. The first-order valence-electron chi connectivity index (χ1n) is 6.34. The Bertz CT molecular complexity index is 370. The highest BCUT2D eigenvalue weighted by Crippen LogP contribution is 2.36. The molecule has 102 valence electrons. The predicted molar refractivity (Wildman–Crippen MR) is 84.2 cm³/mol. The minimum Gasteiger partial charge on any atom is -0.488 e. The smallest absolute Gasteiger partial charge is 0.148 e. The molecule has 0 aliphatic rings. The molecule has 0 aliphatic heterocycles. The van der Waals surface area contributed by atoms with Gasteiger partial charge in [0.05, 0.1) is 15.0 Å². The van der Waals surface area contributed by atoms with E-state index < -0.39 is 0 Å². The molecular formula is C14H21Br2NO. The zero-order valence-corrected chi connectivity index (χ0v) is 14.3. The van der Waals surface area contributed by atoms with Crippen molar-refractivity contribution in [2.45, 2.75) is 52.2 Å². The van der Waals surface area contributed by atoms with Gasteiger partial charge in [0.1, 0.15) is 5.75 Å². The van der Waals surface area contributed by atoms with E-state index in [-0.39, 0.29) is 12.1 Å². The lowest BCUT2D eigenvalue weighted by molar-refractivity contribution is 0.207. The average Bonchev–Trinajstić information content (AvgIpc) is 2.23. The van der Waals surface area contributed by atoms with Gasteiger partial charge in [-0.05, 0) is 76.2 Å². The summed E-state index contributed by atoms with van der Waals surface area (Å²) in [6.07, 6.45) is 3.27. The van der Waals surface area contributed by atoms with Gasteiger partial charge in [0.15, 0.2) is 0 Å². The van der Waals surface area contributed by atoms with Gasteiger partial charge >= 0.3 is 0 Å². The van der Waals surface area contributed by atoms with Gasteiger partial charge in [-0.3, -0.25) is 0 Å². The van der Waals surface area contributed by atoms with Gasteiger partial charge in [-0.1, -0.05) is 13.3 Å². The summed E-state index contributed by atoms with van der Waals surface area (Å²) < 4.78 is 7.92. The van der Waals surface area contributed by atoms with Crippen molar-refractivity contribution in [3.63, 3.8) is 0 Å². The maximum Gasteiger partial charge on any atom is 0.148 e. The van der Waals surface area contributed by atoms with Gasteiger partial charge in [0.25, 0.3) is 0 Å². The second-order valence-corrected chi connectivity index (χ2v) is 6.50. The number of hydrogen-bond acceptors (Lipinski definition) is 2. The lowest BCUT2D eigenvalue weighted by atomic mass is 10.1. The van der Waals surface area contributed by atoms with Crippen LogP contribution in [0.5, 0.6) is 5.75 Å². The van der Waals surface area contributed by atoms with Crippen molar-refractivity contribution in [1.29, 1.82) is 0 Å². The molecular weight excluding hydrogens is 358 g/mol. The number of benzene rings is 1. The minimum atomic E-state index is 0.162. The molecule has 1 aromatic carbocycles. The Morgan fingerprint density at radius 1 is 1.22 bits per heavy atom. The normalized spacial score (nSPS) is 14.3. The number of ether oxygens (including phenoxy) is 1. The standard InChI is InChI=1S/C14H21Br2NO/c1-4-5-10(3)18-14-12(15)7-11(6-9(2)17)8-13(14)16/h7-10H,4-6,17H2,1-3H3. The molecule has 0 aromatic heterocycles. The zero-order valence-electron chi connectivity index (χ0n) is 11.2. The van der Waals surface area contributed by atoms with Crippen molar-refractivity contribution in [2.75, 3.05) is 0 Å². The van der Waals surface area contributed by atoms with Crippen LogP contribution in [0, 0.1) is 0 Å². The number of halogens is 2. The van der Waals surface area contributed by atoms with E-state index in [0.29, 0.717) is 0 Å². The Hall–Kier alpha value is -0.0600. The van der Waals surface area contributed by atoms with Crippen molar-refractivity contribution in [2.24, 2.45) is 5.73 Å². The number of rotatable bonds is 6. The second kappa shape index (κ2) is 7.51. The fraction of sp³-hybridized carbons (Fsp3) is 0.571. The monoisotopic (exact) mass is 377 g/mol. The Kier molecular flexibility index (Phi) is 6.67. The zero-order chi connectivity index (χ0) is 13.7. The molecule has 2 unspecified atom stereocenters. The van der Waals surface area contributed by atoms with Gasteiger partial charge in [-0.25, -0.2) is 0 Å².